The van der Waals surface area contributed by atoms with Gasteiger partial charge in [-0.2, -0.15) is 0 Å². The molecule has 0 unspecified atom stereocenters. The van der Waals surface area contributed by atoms with Crippen LogP contribution in [0, 0.1) is 5.82 Å². The van der Waals surface area contributed by atoms with Gasteiger partial charge >= 0.3 is 0 Å². The molecular weight excluding hydrogens is 409 g/mol. The monoisotopic (exact) mass is 425 g/mol. The van der Waals surface area contributed by atoms with Gasteiger partial charge in [0, 0.05) is 47.2 Å². The van der Waals surface area contributed by atoms with E-state index in [1.807, 2.05) is 18.2 Å². The first-order valence-electron chi connectivity index (χ1n) is 8.86. The Bertz CT molecular complexity index is 1120. The molecule has 136 valence electrons. The zero-order valence-corrected chi connectivity index (χ0v) is 16.1. The van der Waals surface area contributed by atoms with Crippen molar-refractivity contribution in [3.8, 4) is 0 Å². The first kappa shape index (κ1) is 16.5. The molecule has 2 aromatic heterocycles. The SMILES string of the molecule is Fc1ccc(N2CCN(c3ncnc4c3[nH]c3ccc(Br)cc34)CC2)cc1. The molecule has 0 radical (unpaired) electrons. The number of fused-ring (bicyclic) bond motifs is 3. The third-order valence-electron chi connectivity index (χ3n) is 5.09. The van der Waals surface area contributed by atoms with Crippen LogP contribution in [0.3, 0.4) is 0 Å². The predicted molar refractivity (Wildman–Crippen MR) is 110 cm³/mol. The fraction of sp³-hybridized carbons (Fsp3) is 0.200. The van der Waals surface area contributed by atoms with Crippen LogP contribution in [0.25, 0.3) is 21.9 Å². The highest BCUT2D eigenvalue weighted by Gasteiger charge is 2.21. The third-order valence-corrected chi connectivity index (χ3v) is 5.59. The van der Waals surface area contributed by atoms with Crippen LogP contribution in [0.4, 0.5) is 15.9 Å². The van der Waals surface area contributed by atoms with Gasteiger partial charge in [0.1, 0.15) is 23.2 Å². The quantitative estimate of drug-likeness (QED) is 0.518. The highest BCUT2D eigenvalue weighted by atomic mass is 79.9. The average molecular weight is 426 g/mol. The Morgan fingerprint density at radius 2 is 1.67 bits per heavy atom. The summed E-state index contributed by atoms with van der Waals surface area (Å²) >= 11 is 3.53. The Morgan fingerprint density at radius 1 is 0.926 bits per heavy atom. The van der Waals surface area contributed by atoms with E-state index < -0.39 is 0 Å². The highest BCUT2D eigenvalue weighted by Crippen LogP contribution is 2.31. The van der Waals surface area contributed by atoms with Crippen molar-refractivity contribution in [1.82, 2.24) is 15.0 Å². The second-order valence-corrected chi connectivity index (χ2v) is 7.60. The standard InChI is InChI=1S/C20H17BrFN5/c21-13-1-6-17-16(11-13)18-19(25-17)20(24-12-23-18)27-9-7-26(8-10-27)15-4-2-14(22)3-5-15/h1-6,11-12,25H,7-10H2. The summed E-state index contributed by atoms with van der Waals surface area (Å²) in [6, 6.07) is 12.9. The number of nitrogens with zero attached hydrogens (tertiary/aromatic N) is 4. The van der Waals surface area contributed by atoms with E-state index in [0.29, 0.717) is 0 Å². The lowest BCUT2D eigenvalue weighted by Gasteiger charge is -2.36. The number of anilines is 2. The average Bonchev–Trinajstić information content (AvgIpc) is 3.07. The number of benzene rings is 2. The molecule has 1 N–H and O–H groups in total. The molecule has 0 atom stereocenters. The molecule has 0 amide bonds. The normalized spacial score (nSPS) is 15.0. The van der Waals surface area contributed by atoms with Gasteiger partial charge < -0.3 is 14.8 Å². The lowest BCUT2D eigenvalue weighted by atomic mass is 10.2. The third kappa shape index (κ3) is 2.92. The summed E-state index contributed by atoms with van der Waals surface area (Å²) in [6.07, 6.45) is 1.64. The second-order valence-electron chi connectivity index (χ2n) is 6.69. The Morgan fingerprint density at radius 3 is 2.44 bits per heavy atom. The molecule has 3 heterocycles. The number of halogens is 2. The van der Waals surface area contributed by atoms with Gasteiger partial charge in [0.25, 0.3) is 0 Å². The molecule has 1 aliphatic rings. The number of aromatic nitrogens is 3. The summed E-state index contributed by atoms with van der Waals surface area (Å²) in [5.41, 5.74) is 4.03. The van der Waals surface area contributed by atoms with E-state index in [4.69, 9.17) is 0 Å². The molecule has 0 bridgehead atoms. The van der Waals surface area contributed by atoms with Crippen molar-refractivity contribution in [3.63, 3.8) is 0 Å². The van der Waals surface area contributed by atoms with Crippen LogP contribution in [0.1, 0.15) is 0 Å². The summed E-state index contributed by atoms with van der Waals surface area (Å²) in [5.74, 6) is 0.734. The predicted octanol–water partition coefficient (Wildman–Crippen LogP) is 4.34. The summed E-state index contributed by atoms with van der Waals surface area (Å²) in [6.45, 7) is 3.43. The lowest BCUT2D eigenvalue weighted by Crippen LogP contribution is -2.47. The largest absolute Gasteiger partial charge is 0.368 e. The van der Waals surface area contributed by atoms with Crippen LogP contribution in [0.15, 0.2) is 53.3 Å². The van der Waals surface area contributed by atoms with E-state index in [0.717, 1.165) is 64.1 Å². The minimum Gasteiger partial charge on any atom is -0.368 e. The molecule has 1 aliphatic heterocycles. The summed E-state index contributed by atoms with van der Waals surface area (Å²) < 4.78 is 14.2. The fourth-order valence-corrected chi connectivity index (χ4v) is 4.08. The fourth-order valence-electron chi connectivity index (χ4n) is 3.72. The molecule has 0 saturated carbocycles. The number of rotatable bonds is 2. The maximum absolute atomic E-state index is 13.2. The number of piperazine rings is 1. The van der Waals surface area contributed by atoms with Gasteiger partial charge in [-0.3, -0.25) is 0 Å². The van der Waals surface area contributed by atoms with Crippen LogP contribution in [0.2, 0.25) is 0 Å². The molecule has 7 heteroatoms. The van der Waals surface area contributed by atoms with Crippen molar-refractivity contribution in [3.05, 3.63) is 59.1 Å². The Kier molecular flexibility index (Phi) is 3.97. The van der Waals surface area contributed by atoms with Gasteiger partial charge in [0.2, 0.25) is 0 Å². The van der Waals surface area contributed by atoms with Crippen molar-refractivity contribution in [2.75, 3.05) is 36.0 Å². The Labute approximate surface area is 164 Å². The van der Waals surface area contributed by atoms with Crippen LogP contribution in [-0.4, -0.2) is 41.1 Å². The number of hydrogen-bond donors (Lipinski definition) is 1. The summed E-state index contributed by atoms with van der Waals surface area (Å²) in [7, 11) is 0. The van der Waals surface area contributed by atoms with Crippen LogP contribution >= 0.6 is 15.9 Å². The van der Waals surface area contributed by atoms with E-state index in [-0.39, 0.29) is 5.82 Å². The van der Waals surface area contributed by atoms with Crippen molar-refractivity contribution >= 4 is 49.4 Å². The van der Waals surface area contributed by atoms with Gasteiger partial charge in [0.15, 0.2) is 5.82 Å². The van der Waals surface area contributed by atoms with Crippen LogP contribution in [0.5, 0.6) is 0 Å². The molecule has 0 spiro atoms. The van der Waals surface area contributed by atoms with E-state index in [9.17, 15) is 4.39 Å². The molecule has 4 aromatic rings. The maximum Gasteiger partial charge on any atom is 0.156 e. The molecule has 2 aromatic carbocycles. The number of hydrogen-bond acceptors (Lipinski definition) is 4. The summed E-state index contributed by atoms with van der Waals surface area (Å²) in [5, 5.41) is 1.09. The van der Waals surface area contributed by atoms with Crippen LogP contribution < -0.4 is 9.80 Å². The van der Waals surface area contributed by atoms with Gasteiger partial charge in [-0.25, -0.2) is 14.4 Å². The van der Waals surface area contributed by atoms with Gasteiger partial charge in [0.05, 0.1) is 0 Å². The molecule has 1 saturated heterocycles. The van der Waals surface area contributed by atoms with Crippen LogP contribution in [-0.2, 0) is 0 Å². The molecule has 27 heavy (non-hydrogen) atoms. The number of H-pyrrole nitrogens is 1. The van der Waals surface area contributed by atoms with E-state index >= 15 is 0 Å². The highest BCUT2D eigenvalue weighted by molar-refractivity contribution is 9.10. The first-order valence-corrected chi connectivity index (χ1v) is 9.66. The molecule has 5 nitrogen and oxygen atoms in total. The van der Waals surface area contributed by atoms with E-state index in [2.05, 4.69) is 52.8 Å². The van der Waals surface area contributed by atoms with Crippen molar-refractivity contribution < 1.29 is 4.39 Å². The Hall–Kier alpha value is -2.67. The number of nitrogens with one attached hydrogen (secondary N) is 1. The second kappa shape index (κ2) is 6.49. The zero-order chi connectivity index (χ0) is 18.4. The smallest absolute Gasteiger partial charge is 0.156 e. The van der Waals surface area contributed by atoms with Gasteiger partial charge in [-0.05, 0) is 42.5 Å². The van der Waals surface area contributed by atoms with Crippen molar-refractivity contribution in [2.45, 2.75) is 0 Å². The van der Waals surface area contributed by atoms with Gasteiger partial charge in [-0.1, -0.05) is 15.9 Å². The zero-order valence-electron chi connectivity index (χ0n) is 14.5. The number of aromatic amines is 1. The van der Waals surface area contributed by atoms with Crippen molar-refractivity contribution in [2.24, 2.45) is 0 Å². The Balaban J connectivity index is 1.45. The van der Waals surface area contributed by atoms with E-state index in [1.165, 1.54) is 12.1 Å². The minimum atomic E-state index is -0.203. The minimum absolute atomic E-state index is 0.203. The summed E-state index contributed by atoms with van der Waals surface area (Å²) in [4.78, 5) is 17.1. The maximum atomic E-state index is 13.2. The van der Waals surface area contributed by atoms with Crippen molar-refractivity contribution in [1.29, 1.82) is 0 Å². The molecule has 5 rings (SSSR count). The molecule has 1 fully saturated rings. The van der Waals surface area contributed by atoms with E-state index in [1.54, 1.807) is 6.33 Å². The van der Waals surface area contributed by atoms with Gasteiger partial charge in [-0.15, -0.1) is 0 Å². The first-order chi connectivity index (χ1) is 13.2. The molecule has 0 aliphatic carbocycles. The molecular formula is C20H17BrFN5. The lowest BCUT2D eigenvalue weighted by molar-refractivity contribution is 0.624. The topological polar surface area (TPSA) is 48.1 Å².